The van der Waals surface area contributed by atoms with Gasteiger partial charge in [-0.2, -0.15) is 4.98 Å². The number of hydrogen-bond acceptors (Lipinski definition) is 3. The smallest absolute Gasteiger partial charge is 0.273 e. The second kappa shape index (κ2) is 7.20. The molecule has 2 aromatic heterocycles. The largest absolute Gasteiger partial charge is 0.343 e. The molecule has 2 heterocycles. The van der Waals surface area contributed by atoms with Gasteiger partial charge in [0.2, 0.25) is 0 Å². The van der Waals surface area contributed by atoms with Crippen molar-refractivity contribution in [3.8, 4) is 11.3 Å². The highest BCUT2D eigenvalue weighted by Crippen LogP contribution is 2.18. The first kappa shape index (κ1) is 15.4. The number of H-pyrrole nitrogens is 1. The van der Waals surface area contributed by atoms with E-state index < -0.39 is 0 Å². The van der Waals surface area contributed by atoms with Gasteiger partial charge >= 0.3 is 0 Å². The van der Waals surface area contributed by atoms with Gasteiger partial charge in [-0.1, -0.05) is 41.9 Å². The number of aryl methyl sites for hydroxylation is 2. The van der Waals surface area contributed by atoms with E-state index in [1.807, 2.05) is 24.3 Å². The third-order valence-corrected chi connectivity index (χ3v) is 3.76. The van der Waals surface area contributed by atoms with Gasteiger partial charge < -0.3 is 4.98 Å². The summed E-state index contributed by atoms with van der Waals surface area (Å²) in [7, 11) is 0. The molecule has 1 aromatic carbocycles. The van der Waals surface area contributed by atoms with Gasteiger partial charge in [-0.3, -0.25) is 4.79 Å². The second-order valence-corrected chi connectivity index (χ2v) is 5.67. The first-order chi connectivity index (χ1) is 11.2. The molecule has 0 saturated carbocycles. The molecule has 0 unspecified atom stereocenters. The Hall–Kier alpha value is -2.46. The SMILES string of the molecule is O=c1cc(-c2ccnc(Cl)c2)[nH]c(CCCc2ccccc2)n1. The molecule has 0 aliphatic rings. The molecule has 0 atom stereocenters. The van der Waals surface area contributed by atoms with Crippen LogP contribution >= 0.6 is 11.6 Å². The fraction of sp³-hybridized carbons (Fsp3) is 0.167. The number of aromatic amines is 1. The Balaban J connectivity index is 1.74. The van der Waals surface area contributed by atoms with Crippen LogP contribution in [-0.2, 0) is 12.8 Å². The summed E-state index contributed by atoms with van der Waals surface area (Å²) >= 11 is 5.91. The molecule has 1 N–H and O–H groups in total. The number of hydrogen-bond donors (Lipinski definition) is 1. The average Bonchev–Trinajstić information content (AvgIpc) is 2.55. The molecular weight excluding hydrogens is 310 g/mol. The van der Waals surface area contributed by atoms with Gasteiger partial charge in [-0.05, 0) is 30.5 Å². The molecule has 23 heavy (non-hydrogen) atoms. The molecule has 116 valence electrons. The van der Waals surface area contributed by atoms with E-state index in [4.69, 9.17) is 11.6 Å². The topological polar surface area (TPSA) is 58.6 Å². The van der Waals surface area contributed by atoms with E-state index in [1.54, 1.807) is 12.3 Å². The van der Waals surface area contributed by atoms with Crippen molar-refractivity contribution in [2.45, 2.75) is 19.3 Å². The zero-order valence-electron chi connectivity index (χ0n) is 12.5. The van der Waals surface area contributed by atoms with Gasteiger partial charge in [0.05, 0.1) is 5.69 Å². The van der Waals surface area contributed by atoms with Crippen molar-refractivity contribution in [3.63, 3.8) is 0 Å². The van der Waals surface area contributed by atoms with E-state index in [-0.39, 0.29) is 5.56 Å². The molecule has 0 aliphatic carbocycles. The molecule has 4 nitrogen and oxygen atoms in total. The number of benzene rings is 1. The maximum Gasteiger partial charge on any atom is 0.273 e. The molecule has 0 spiro atoms. The lowest BCUT2D eigenvalue weighted by Gasteiger charge is -2.06. The maximum absolute atomic E-state index is 11.8. The van der Waals surface area contributed by atoms with Crippen LogP contribution < -0.4 is 5.56 Å². The van der Waals surface area contributed by atoms with E-state index in [2.05, 4.69) is 27.1 Å². The zero-order chi connectivity index (χ0) is 16.1. The molecule has 5 heteroatoms. The number of halogens is 1. The molecule has 0 radical (unpaired) electrons. The molecule has 3 rings (SSSR count). The molecular formula is C18H16ClN3O. The summed E-state index contributed by atoms with van der Waals surface area (Å²) in [6.07, 6.45) is 4.21. The van der Waals surface area contributed by atoms with Crippen LogP contribution in [0.2, 0.25) is 5.15 Å². The summed E-state index contributed by atoms with van der Waals surface area (Å²) in [5.41, 5.74) is 2.58. The second-order valence-electron chi connectivity index (χ2n) is 5.29. The lowest BCUT2D eigenvalue weighted by atomic mass is 10.1. The number of rotatable bonds is 5. The van der Waals surface area contributed by atoms with Crippen LogP contribution in [0.5, 0.6) is 0 Å². The van der Waals surface area contributed by atoms with E-state index in [0.717, 1.165) is 24.8 Å². The van der Waals surface area contributed by atoms with Crippen molar-refractivity contribution in [1.82, 2.24) is 15.0 Å². The minimum atomic E-state index is -0.249. The van der Waals surface area contributed by atoms with E-state index in [9.17, 15) is 4.79 Å². The first-order valence-electron chi connectivity index (χ1n) is 7.47. The number of nitrogens with one attached hydrogen (secondary N) is 1. The van der Waals surface area contributed by atoms with Crippen molar-refractivity contribution >= 4 is 11.6 Å². The molecule has 0 saturated heterocycles. The fourth-order valence-electron chi connectivity index (χ4n) is 2.46. The summed E-state index contributed by atoms with van der Waals surface area (Å²) in [6, 6.07) is 15.3. The predicted molar refractivity (Wildman–Crippen MR) is 91.6 cm³/mol. The number of nitrogens with zero attached hydrogens (tertiary/aromatic N) is 2. The molecule has 0 bridgehead atoms. The quantitative estimate of drug-likeness (QED) is 0.728. The van der Waals surface area contributed by atoms with Crippen LogP contribution in [0.3, 0.4) is 0 Å². The summed E-state index contributed by atoms with van der Waals surface area (Å²) in [5, 5.41) is 0.394. The van der Waals surface area contributed by atoms with Crippen molar-refractivity contribution in [2.24, 2.45) is 0 Å². The predicted octanol–water partition coefficient (Wildman–Crippen LogP) is 3.66. The van der Waals surface area contributed by atoms with Gasteiger partial charge in [0.1, 0.15) is 11.0 Å². The molecule has 3 aromatic rings. The van der Waals surface area contributed by atoms with Crippen molar-refractivity contribution in [2.75, 3.05) is 0 Å². The van der Waals surface area contributed by atoms with E-state index in [0.29, 0.717) is 16.7 Å². The third kappa shape index (κ3) is 4.27. The number of aromatic nitrogens is 3. The lowest BCUT2D eigenvalue weighted by molar-refractivity contribution is 0.767. The van der Waals surface area contributed by atoms with Crippen LogP contribution in [0.15, 0.2) is 59.5 Å². The van der Waals surface area contributed by atoms with Gasteiger partial charge in [-0.25, -0.2) is 4.98 Å². The first-order valence-corrected chi connectivity index (χ1v) is 7.84. The highest BCUT2D eigenvalue weighted by molar-refractivity contribution is 6.29. The highest BCUT2D eigenvalue weighted by atomic mass is 35.5. The Morgan fingerprint density at radius 1 is 1.04 bits per heavy atom. The average molecular weight is 326 g/mol. The normalized spacial score (nSPS) is 10.7. The Labute approximate surface area is 139 Å². The Morgan fingerprint density at radius 2 is 1.87 bits per heavy atom. The van der Waals surface area contributed by atoms with Crippen LogP contribution in [0.1, 0.15) is 17.8 Å². The standard InChI is InChI=1S/C18H16ClN3O/c19-16-11-14(9-10-20-16)15-12-18(23)22-17(21-15)8-4-7-13-5-2-1-3-6-13/h1-3,5-6,9-12H,4,7-8H2,(H,21,22,23). The molecule has 0 amide bonds. The monoisotopic (exact) mass is 325 g/mol. The Bertz CT molecular complexity index is 846. The zero-order valence-corrected chi connectivity index (χ0v) is 13.3. The third-order valence-electron chi connectivity index (χ3n) is 3.55. The summed E-state index contributed by atoms with van der Waals surface area (Å²) in [5.74, 6) is 0.691. The highest BCUT2D eigenvalue weighted by Gasteiger charge is 2.05. The van der Waals surface area contributed by atoms with Crippen molar-refractivity contribution in [1.29, 1.82) is 0 Å². The van der Waals surface area contributed by atoms with E-state index >= 15 is 0 Å². The maximum atomic E-state index is 11.8. The van der Waals surface area contributed by atoms with Gasteiger partial charge in [0, 0.05) is 24.2 Å². The summed E-state index contributed by atoms with van der Waals surface area (Å²) in [6.45, 7) is 0. The van der Waals surface area contributed by atoms with E-state index in [1.165, 1.54) is 11.6 Å². The van der Waals surface area contributed by atoms with Crippen LogP contribution in [0, 0.1) is 0 Å². The van der Waals surface area contributed by atoms with Gasteiger partial charge in [0.25, 0.3) is 5.56 Å². The Kier molecular flexibility index (Phi) is 4.83. The summed E-state index contributed by atoms with van der Waals surface area (Å²) in [4.78, 5) is 23.0. The van der Waals surface area contributed by atoms with Crippen molar-refractivity contribution in [3.05, 3.63) is 81.6 Å². The van der Waals surface area contributed by atoms with Crippen LogP contribution in [0.25, 0.3) is 11.3 Å². The van der Waals surface area contributed by atoms with Gasteiger partial charge in [-0.15, -0.1) is 0 Å². The molecule has 0 fully saturated rings. The van der Waals surface area contributed by atoms with Gasteiger partial charge in [0.15, 0.2) is 0 Å². The minimum Gasteiger partial charge on any atom is -0.343 e. The van der Waals surface area contributed by atoms with Crippen LogP contribution in [-0.4, -0.2) is 15.0 Å². The fourth-order valence-corrected chi connectivity index (χ4v) is 2.63. The lowest BCUT2D eigenvalue weighted by Crippen LogP contribution is -2.11. The minimum absolute atomic E-state index is 0.249. The van der Waals surface area contributed by atoms with Crippen molar-refractivity contribution < 1.29 is 0 Å². The van der Waals surface area contributed by atoms with Crippen LogP contribution in [0.4, 0.5) is 0 Å². The Morgan fingerprint density at radius 3 is 2.65 bits per heavy atom. The number of pyridine rings is 1. The molecule has 0 aliphatic heterocycles. The summed E-state index contributed by atoms with van der Waals surface area (Å²) < 4.78 is 0.